The van der Waals surface area contributed by atoms with E-state index in [1.54, 1.807) is 0 Å². The van der Waals surface area contributed by atoms with Crippen LogP contribution in [0.15, 0.2) is 40.9 Å². The first-order valence-corrected chi connectivity index (χ1v) is 8.11. The van der Waals surface area contributed by atoms with Crippen LogP contribution in [0.4, 0.5) is 0 Å². The number of carbonyl (C=O) groups is 1. The van der Waals surface area contributed by atoms with Gasteiger partial charge in [-0.05, 0) is 54.3 Å². The predicted molar refractivity (Wildman–Crippen MR) is 87.6 cm³/mol. The van der Waals surface area contributed by atoms with Crippen LogP contribution in [0.2, 0.25) is 0 Å². The number of halogens is 1. The van der Waals surface area contributed by atoms with Crippen LogP contribution < -0.4 is 4.74 Å². The summed E-state index contributed by atoms with van der Waals surface area (Å²) in [6.07, 6.45) is 3.44. The predicted octanol–water partition coefficient (Wildman–Crippen LogP) is 3.99. The third-order valence-electron chi connectivity index (χ3n) is 3.84. The summed E-state index contributed by atoms with van der Waals surface area (Å²) in [5, 5.41) is 2.26. The maximum absolute atomic E-state index is 12.1. The van der Waals surface area contributed by atoms with Crippen LogP contribution in [0, 0.1) is 0 Å². The van der Waals surface area contributed by atoms with Crippen LogP contribution in [-0.2, 0) is 4.79 Å². The van der Waals surface area contributed by atoms with Crippen LogP contribution in [-0.4, -0.2) is 30.5 Å². The van der Waals surface area contributed by atoms with E-state index in [-0.39, 0.29) is 12.5 Å². The second-order valence-electron chi connectivity index (χ2n) is 5.38. The molecule has 1 fully saturated rings. The topological polar surface area (TPSA) is 29.5 Å². The molecule has 0 bridgehead atoms. The van der Waals surface area contributed by atoms with E-state index in [1.165, 1.54) is 6.42 Å². The molecular weight excluding hydrogens is 330 g/mol. The van der Waals surface area contributed by atoms with E-state index in [1.807, 2.05) is 35.2 Å². The van der Waals surface area contributed by atoms with Crippen LogP contribution in [0.1, 0.15) is 19.3 Å². The van der Waals surface area contributed by atoms with E-state index in [2.05, 4.69) is 22.0 Å². The number of carbonyl (C=O) groups excluding carboxylic acids is 1. The van der Waals surface area contributed by atoms with E-state index in [0.29, 0.717) is 0 Å². The standard InChI is InChI=1S/C17H18BrNO2/c18-15-6-4-14-11-16(7-5-13(14)10-15)21-12-17(20)19-8-2-1-3-9-19/h4-7,10-11H,1-3,8-9,12H2. The summed E-state index contributed by atoms with van der Waals surface area (Å²) in [6, 6.07) is 12.0. The molecule has 3 nitrogen and oxygen atoms in total. The lowest BCUT2D eigenvalue weighted by atomic mass is 10.1. The zero-order valence-corrected chi connectivity index (χ0v) is 13.4. The zero-order chi connectivity index (χ0) is 14.7. The van der Waals surface area contributed by atoms with Crippen molar-refractivity contribution in [2.24, 2.45) is 0 Å². The summed E-state index contributed by atoms with van der Waals surface area (Å²) in [5.41, 5.74) is 0. The second kappa shape index (κ2) is 6.48. The molecule has 1 saturated heterocycles. The number of hydrogen-bond donors (Lipinski definition) is 0. The fourth-order valence-electron chi connectivity index (χ4n) is 2.66. The largest absolute Gasteiger partial charge is 0.484 e. The summed E-state index contributed by atoms with van der Waals surface area (Å²) in [4.78, 5) is 14.0. The molecular formula is C17H18BrNO2. The number of nitrogens with zero attached hydrogens (tertiary/aromatic N) is 1. The van der Waals surface area contributed by atoms with Crippen LogP contribution >= 0.6 is 15.9 Å². The molecule has 0 saturated carbocycles. The van der Waals surface area contributed by atoms with E-state index >= 15 is 0 Å². The lowest BCUT2D eigenvalue weighted by Crippen LogP contribution is -2.38. The van der Waals surface area contributed by atoms with Crippen molar-refractivity contribution in [2.75, 3.05) is 19.7 Å². The van der Waals surface area contributed by atoms with Gasteiger partial charge in [0, 0.05) is 17.6 Å². The molecule has 110 valence electrons. The number of hydrogen-bond acceptors (Lipinski definition) is 2. The first kappa shape index (κ1) is 14.4. The monoisotopic (exact) mass is 347 g/mol. The van der Waals surface area contributed by atoms with Gasteiger partial charge in [0.2, 0.25) is 0 Å². The quantitative estimate of drug-likeness (QED) is 0.839. The maximum Gasteiger partial charge on any atom is 0.260 e. The van der Waals surface area contributed by atoms with Crippen molar-refractivity contribution in [3.63, 3.8) is 0 Å². The molecule has 2 aromatic rings. The molecule has 1 amide bonds. The summed E-state index contributed by atoms with van der Waals surface area (Å²) in [6.45, 7) is 1.86. The Hall–Kier alpha value is -1.55. The molecule has 21 heavy (non-hydrogen) atoms. The molecule has 4 heteroatoms. The van der Waals surface area contributed by atoms with Gasteiger partial charge in [-0.1, -0.05) is 28.1 Å². The van der Waals surface area contributed by atoms with E-state index < -0.39 is 0 Å². The average molecular weight is 348 g/mol. The van der Waals surface area contributed by atoms with Gasteiger partial charge in [0.05, 0.1) is 0 Å². The normalized spacial score (nSPS) is 15.2. The van der Waals surface area contributed by atoms with Gasteiger partial charge in [-0.3, -0.25) is 4.79 Å². The van der Waals surface area contributed by atoms with Crippen molar-refractivity contribution in [1.29, 1.82) is 0 Å². The highest BCUT2D eigenvalue weighted by Gasteiger charge is 2.16. The molecule has 0 atom stereocenters. The highest BCUT2D eigenvalue weighted by Crippen LogP contribution is 2.24. The van der Waals surface area contributed by atoms with Gasteiger partial charge >= 0.3 is 0 Å². The minimum absolute atomic E-state index is 0.0885. The lowest BCUT2D eigenvalue weighted by molar-refractivity contribution is -0.134. The van der Waals surface area contributed by atoms with Crippen LogP contribution in [0.5, 0.6) is 5.75 Å². The van der Waals surface area contributed by atoms with Gasteiger partial charge < -0.3 is 9.64 Å². The van der Waals surface area contributed by atoms with Gasteiger partial charge in [-0.2, -0.15) is 0 Å². The zero-order valence-electron chi connectivity index (χ0n) is 11.8. The van der Waals surface area contributed by atoms with Crippen molar-refractivity contribution in [2.45, 2.75) is 19.3 Å². The molecule has 1 heterocycles. The van der Waals surface area contributed by atoms with Crippen molar-refractivity contribution in [1.82, 2.24) is 4.90 Å². The molecule has 1 aliphatic rings. The fraction of sp³-hybridized carbons (Fsp3) is 0.353. The highest BCUT2D eigenvalue weighted by atomic mass is 79.9. The number of likely N-dealkylation sites (tertiary alicyclic amines) is 1. The smallest absolute Gasteiger partial charge is 0.260 e. The summed E-state index contributed by atoms with van der Waals surface area (Å²) in [5.74, 6) is 0.834. The Kier molecular flexibility index (Phi) is 4.44. The molecule has 0 aliphatic carbocycles. The Morgan fingerprint density at radius 3 is 2.57 bits per heavy atom. The van der Waals surface area contributed by atoms with E-state index in [4.69, 9.17) is 4.74 Å². The van der Waals surface area contributed by atoms with Crippen LogP contribution in [0.3, 0.4) is 0 Å². The van der Waals surface area contributed by atoms with Crippen molar-refractivity contribution in [3.05, 3.63) is 40.9 Å². The number of rotatable bonds is 3. The van der Waals surface area contributed by atoms with Crippen molar-refractivity contribution in [3.8, 4) is 5.75 Å². The Morgan fingerprint density at radius 1 is 1.05 bits per heavy atom. The SMILES string of the molecule is O=C(COc1ccc2cc(Br)ccc2c1)N1CCCCC1. The van der Waals surface area contributed by atoms with Gasteiger partial charge in [0.15, 0.2) is 6.61 Å². The number of fused-ring (bicyclic) bond motifs is 1. The number of piperidine rings is 1. The lowest BCUT2D eigenvalue weighted by Gasteiger charge is -2.26. The van der Waals surface area contributed by atoms with Gasteiger partial charge in [0.25, 0.3) is 5.91 Å². The van der Waals surface area contributed by atoms with Crippen LogP contribution in [0.25, 0.3) is 10.8 Å². The second-order valence-corrected chi connectivity index (χ2v) is 6.30. The average Bonchev–Trinajstić information content (AvgIpc) is 2.53. The van der Waals surface area contributed by atoms with Crippen molar-refractivity contribution < 1.29 is 9.53 Å². The van der Waals surface area contributed by atoms with Gasteiger partial charge in [-0.25, -0.2) is 0 Å². The first-order chi connectivity index (χ1) is 10.2. The van der Waals surface area contributed by atoms with Crippen molar-refractivity contribution >= 4 is 32.6 Å². The summed E-state index contributed by atoms with van der Waals surface area (Å²) in [7, 11) is 0. The van der Waals surface area contributed by atoms with Gasteiger partial charge in [0.1, 0.15) is 5.75 Å². The fourth-order valence-corrected chi connectivity index (χ4v) is 3.04. The highest BCUT2D eigenvalue weighted by molar-refractivity contribution is 9.10. The van der Waals surface area contributed by atoms with E-state index in [9.17, 15) is 4.79 Å². The van der Waals surface area contributed by atoms with Gasteiger partial charge in [-0.15, -0.1) is 0 Å². The molecule has 0 N–H and O–H groups in total. The minimum atomic E-state index is 0.0885. The minimum Gasteiger partial charge on any atom is -0.484 e. The molecule has 1 aliphatic heterocycles. The molecule has 0 spiro atoms. The third kappa shape index (κ3) is 3.56. The Bertz CT molecular complexity index is 650. The Morgan fingerprint density at radius 2 is 1.76 bits per heavy atom. The van der Waals surface area contributed by atoms with E-state index in [0.717, 1.165) is 46.9 Å². The Labute approximate surface area is 133 Å². The molecule has 0 unspecified atom stereocenters. The summed E-state index contributed by atoms with van der Waals surface area (Å²) < 4.78 is 6.72. The number of benzene rings is 2. The third-order valence-corrected chi connectivity index (χ3v) is 4.34. The number of amides is 1. The molecule has 0 aromatic heterocycles. The molecule has 3 rings (SSSR count). The Balaban J connectivity index is 1.64. The maximum atomic E-state index is 12.1. The number of ether oxygens (including phenoxy) is 1. The molecule has 0 radical (unpaired) electrons. The first-order valence-electron chi connectivity index (χ1n) is 7.32. The molecule has 2 aromatic carbocycles. The summed E-state index contributed by atoms with van der Waals surface area (Å²) >= 11 is 3.46.